The quantitative estimate of drug-likeness (QED) is 0.705. The Kier molecular flexibility index (Phi) is 6.27. The fourth-order valence-corrected chi connectivity index (χ4v) is 3.22. The molecule has 2 unspecified atom stereocenters. The van der Waals surface area contributed by atoms with Crippen LogP contribution in [0.15, 0.2) is 24.3 Å². The van der Waals surface area contributed by atoms with Gasteiger partial charge in [-0.3, -0.25) is 0 Å². The molecule has 0 aromatic heterocycles. The van der Waals surface area contributed by atoms with E-state index in [1.165, 1.54) is 32.1 Å². The largest absolute Gasteiger partial charge is 0.433 e. The molecular weight excluding hydrogens is 272 g/mol. The van der Waals surface area contributed by atoms with Crippen LogP contribution in [-0.4, -0.2) is 12.7 Å². The lowest BCUT2D eigenvalue weighted by Crippen LogP contribution is -2.19. The van der Waals surface area contributed by atoms with Crippen molar-refractivity contribution in [1.29, 1.82) is 0 Å². The van der Waals surface area contributed by atoms with E-state index in [0.29, 0.717) is 11.7 Å². The molecule has 0 aliphatic heterocycles. The van der Waals surface area contributed by atoms with Gasteiger partial charge in [-0.25, -0.2) is 0 Å². The number of ether oxygens (including phenoxy) is 1. The second-order valence-electron chi connectivity index (χ2n) is 5.88. The summed E-state index contributed by atoms with van der Waals surface area (Å²) >= 11 is 0. The number of rotatable bonds is 6. The van der Waals surface area contributed by atoms with Gasteiger partial charge in [0, 0.05) is 6.04 Å². The highest BCUT2D eigenvalue weighted by Gasteiger charge is 2.19. The molecule has 0 amide bonds. The smallest absolute Gasteiger partial charge is 0.387 e. The van der Waals surface area contributed by atoms with Gasteiger partial charge < -0.3 is 10.1 Å². The monoisotopic (exact) mass is 297 g/mol. The van der Waals surface area contributed by atoms with E-state index in [0.717, 1.165) is 18.8 Å². The first kappa shape index (κ1) is 16.1. The van der Waals surface area contributed by atoms with E-state index < -0.39 is 6.61 Å². The van der Waals surface area contributed by atoms with Crippen LogP contribution in [0.3, 0.4) is 0 Å². The van der Waals surface area contributed by atoms with E-state index in [4.69, 9.17) is 0 Å². The molecule has 21 heavy (non-hydrogen) atoms. The van der Waals surface area contributed by atoms with Crippen molar-refractivity contribution in [3.8, 4) is 5.75 Å². The van der Waals surface area contributed by atoms with Gasteiger partial charge in [-0.05, 0) is 37.3 Å². The molecule has 0 spiro atoms. The molecule has 2 rings (SSSR count). The molecular formula is C17H25F2NO. The Morgan fingerprint density at radius 2 is 2.00 bits per heavy atom. The second kappa shape index (κ2) is 8.20. The number of para-hydroxylation sites is 2. The molecule has 0 bridgehead atoms. The predicted molar refractivity (Wildman–Crippen MR) is 82.0 cm³/mol. The van der Waals surface area contributed by atoms with Gasteiger partial charge in [-0.1, -0.05) is 44.7 Å². The lowest BCUT2D eigenvalue weighted by atomic mass is 9.95. The molecule has 1 aliphatic rings. The van der Waals surface area contributed by atoms with Crippen molar-refractivity contribution < 1.29 is 13.5 Å². The van der Waals surface area contributed by atoms with Gasteiger partial charge >= 0.3 is 6.61 Å². The molecule has 0 saturated heterocycles. The Morgan fingerprint density at radius 3 is 2.76 bits per heavy atom. The van der Waals surface area contributed by atoms with Crippen LogP contribution in [0.2, 0.25) is 0 Å². The summed E-state index contributed by atoms with van der Waals surface area (Å²) in [5.74, 6) is 1.07. The summed E-state index contributed by atoms with van der Waals surface area (Å²) < 4.78 is 29.4. The average Bonchev–Trinajstić information content (AvgIpc) is 2.67. The Hall–Kier alpha value is -1.32. The predicted octanol–water partition coefficient (Wildman–Crippen LogP) is 5.45. The third kappa shape index (κ3) is 5.18. The van der Waals surface area contributed by atoms with Gasteiger partial charge in [0.2, 0.25) is 0 Å². The van der Waals surface area contributed by atoms with E-state index in [1.807, 2.05) is 12.1 Å². The molecule has 1 N–H and O–H groups in total. The van der Waals surface area contributed by atoms with Crippen LogP contribution in [0.5, 0.6) is 5.75 Å². The molecule has 1 aromatic rings. The fourth-order valence-electron chi connectivity index (χ4n) is 3.22. The zero-order valence-corrected chi connectivity index (χ0v) is 12.7. The van der Waals surface area contributed by atoms with Crippen molar-refractivity contribution in [2.45, 2.75) is 64.5 Å². The third-order valence-corrected chi connectivity index (χ3v) is 4.25. The van der Waals surface area contributed by atoms with Crippen molar-refractivity contribution in [2.75, 3.05) is 5.32 Å². The topological polar surface area (TPSA) is 21.3 Å². The first-order chi connectivity index (χ1) is 10.2. The van der Waals surface area contributed by atoms with Crippen molar-refractivity contribution in [3.63, 3.8) is 0 Å². The van der Waals surface area contributed by atoms with E-state index in [9.17, 15) is 8.78 Å². The normalized spacial score (nSPS) is 22.9. The minimum Gasteiger partial charge on any atom is -0.433 e. The van der Waals surface area contributed by atoms with E-state index >= 15 is 0 Å². The van der Waals surface area contributed by atoms with Crippen LogP contribution >= 0.6 is 0 Å². The number of anilines is 1. The first-order valence-corrected chi connectivity index (χ1v) is 7.99. The minimum absolute atomic E-state index is 0.238. The SMILES string of the molecule is CCCC1CCCC(Nc2ccccc2OC(F)F)CC1. The maximum atomic E-state index is 12.4. The van der Waals surface area contributed by atoms with Crippen molar-refractivity contribution in [1.82, 2.24) is 0 Å². The molecule has 1 fully saturated rings. The Bertz CT molecular complexity index is 425. The molecule has 2 atom stereocenters. The highest BCUT2D eigenvalue weighted by Crippen LogP contribution is 2.31. The molecule has 0 heterocycles. The van der Waals surface area contributed by atoms with E-state index in [-0.39, 0.29) is 5.75 Å². The molecule has 1 saturated carbocycles. The van der Waals surface area contributed by atoms with Crippen molar-refractivity contribution >= 4 is 5.69 Å². The maximum absolute atomic E-state index is 12.4. The Labute approximate surface area is 125 Å². The summed E-state index contributed by atoms with van der Waals surface area (Å²) in [6.07, 6.45) is 8.48. The highest BCUT2D eigenvalue weighted by atomic mass is 19.3. The summed E-state index contributed by atoms with van der Waals surface area (Å²) in [6, 6.07) is 7.32. The van der Waals surface area contributed by atoms with Gasteiger partial charge in [-0.15, -0.1) is 0 Å². The number of halogens is 2. The van der Waals surface area contributed by atoms with Gasteiger partial charge in [0.25, 0.3) is 0 Å². The first-order valence-electron chi connectivity index (χ1n) is 7.99. The number of benzene rings is 1. The van der Waals surface area contributed by atoms with Gasteiger partial charge in [-0.2, -0.15) is 8.78 Å². The summed E-state index contributed by atoms with van der Waals surface area (Å²) in [5, 5.41) is 3.40. The third-order valence-electron chi connectivity index (χ3n) is 4.25. The number of hydrogen-bond acceptors (Lipinski definition) is 2. The summed E-state index contributed by atoms with van der Waals surface area (Å²) in [6.45, 7) is -0.547. The fraction of sp³-hybridized carbons (Fsp3) is 0.647. The summed E-state index contributed by atoms with van der Waals surface area (Å²) in [7, 11) is 0. The van der Waals surface area contributed by atoms with Crippen LogP contribution < -0.4 is 10.1 Å². The zero-order valence-electron chi connectivity index (χ0n) is 12.7. The van der Waals surface area contributed by atoms with Gasteiger partial charge in [0.15, 0.2) is 0 Å². The van der Waals surface area contributed by atoms with Crippen molar-refractivity contribution in [3.05, 3.63) is 24.3 Å². The number of hydrogen-bond donors (Lipinski definition) is 1. The van der Waals surface area contributed by atoms with Gasteiger partial charge in [0.1, 0.15) is 5.75 Å². The van der Waals surface area contributed by atoms with Crippen molar-refractivity contribution in [2.24, 2.45) is 5.92 Å². The van der Waals surface area contributed by atoms with Crippen LogP contribution in [0.1, 0.15) is 51.9 Å². The number of nitrogens with one attached hydrogen (secondary N) is 1. The summed E-state index contributed by atoms with van der Waals surface area (Å²) in [5.41, 5.74) is 0.678. The average molecular weight is 297 g/mol. The molecule has 2 nitrogen and oxygen atoms in total. The van der Waals surface area contributed by atoms with Crippen LogP contribution in [-0.2, 0) is 0 Å². The summed E-state index contributed by atoms with van der Waals surface area (Å²) in [4.78, 5) is 0. The Balaban J connectivity index is 1.95. The van der Waals surface area contributed by atoms with Crippen LogP contribution in [0, 0.1) is 5.92 Å². The molecule has 0 radical (unpaired) electrons. The lowest BCUT2D eigenvalue weighted by molar-refractivity contribution is -0.0493. The number of alkyl halides is 2. The molecule has 1 aliphatic carbocycles. The van der Waals surface area contributed by atoms with Crippen LogP contribution in [0.4, 0.5) is 14.5 Å². The Morgan fingerprint density at radius 1 is 1.19 bits per heavy atom. The molecule has 118 valence electrons. The molecule has 1 aromatic carbocycles. The van der Waals surface area contributed by atoms with E-state index in [2.05, 4.69) is 17.0 Å². The van der Waals surface area contributed by atoms with Crippen LogP contribution in [0.25, 0.3) is 0 Å². The maximum Gasteiger partial charge on any atom is 0.387 e. The second-order valence-corrected chi connectivity index (χ2v) is 5.88. The minimum atomic E-state index is -2.78. The van der Waals surface area contributed by atoms with E-state index in [1.54, 1.807) is 12.1 Å². The zero-order chi connectivity index (χ0) is 15.1. The lowest BCUT2D eigenvalue weighted by Gasteiger charge is -2.20. The van der Waals surface area contributed by atoms with Gasteiger partial charge in [0.05, 0.1) is 5.69 Å². The standard InChI is InChI=1S/C17H25F2NO/c1-2-6-13-7-5-8-14(12-11-13)20-15-9-3-4-10-16(15)21-17(18)19/h3-4,9-10,13-14,17,20H,2,5-8,11-12H2,1H3. The highest BCUT2D eigenvalue weighted by molar-refractivity contribution is 5.56. The molecule has 4 heteroatoms.